The molecule has 0 aliphatic heterocycles. The highest BCUT2D eigenvalue weighted by Gasteiger charge is 2.21. The Morgan fingerprint density at radius 2 is 1.28 bits per heavy atom. The molecule has 0 unspecified atom stereocenters. The van der Waals surface area contributed by atoms with Crippen molar-refractivity contribution < 1.29 is 13.5 Å². The average molecular weight is 533 g/mol. The number of aryl methyl sites for hydroxylation is 2. The summed E-state index contributed by atoms with van der Waals surface area (Å²) in [4.78, 5) is 0. The third-order valence-corrected chi connectivity index (χ3v) is 9.03. The van der Waals surface area contributed by atoms with E-state index in [4.69, 9.17) is 4.74 Å². The summed E-state index contributed by atoms with van der Waals surface area (Å²) < 4.78 is 37.4. The van der Waals surface area contributed by atoms with Crippen molar-refractivity contribution in [2.75, 3.05) is 6.61 Å². The molecule has 1 saturated carbocycles. The van der Waals surface area contributed by atoms with Gasteiger partial charge in [0.25, 0.3) is 0 Å². The summed E-state index contributed by atoms with van der Waals surface area (Å²) in [7, 11) is 0. The number of hydrogen-bond donors (Lipinski definition) is 0. The lowest BCUT2D eigenvalue weighted by Gasteiger charge is -2.26. The van der Waals surface area contributed by atoms with E-state index in [1.54, 1.807) is 12.1 Å². The van der Waals surface area contributed by atoms with Gasteiger partial charge < -0.3 is 4.74 Å². The third kappa shape index (κ3) is 6.73. The Kier molecular flexibility index (Phi) is 10.2. The molecule has 0 atom stereocenters. The first-order valence-corrected chi connectivity index (χ1v) is 15.3. The number of benzene rings is 3. The smallest absolute Gasteiger partial charge is 0.167 e. The maximum Gasteiger partial charge on any atom is 0.167 e. The molecule has 4 rings (SSSR count). The Labute approximate surface area is 235 Å². The quantitative estimate of drug-likeness (QED) is 0.239. The van der Waals surface area contributed by atoms with E-state index in [0.29, 0.717) is 35.1 Å². The zero-order chi connectivity index (χ0) is 27.9. The Morgan fingerprint density at radius 1 is 0.744 bits per heavy atom. The van der Waals surface area contributed by atoms with Crippen LogP contribution in [0.25, 0.3) is 22.3 Å². The molecule has 210 valence electrons. The summed E-state index contributed by atoms with van der Waals surface area (Å²) in [6.45, 7) is 11.6. The van der Waals surface area contributed by atoms with E-state index in [2.05, 4.69) is 46.8 Å². The van der Waals surface area contributed by atoms with Crippen LogP contribution in [0.5, 0.6) is 5.75 Å². The molecule has 3 aromatic rings. The molecule has 0 radical (unpaired) electrons. The zero-order valence-corrected chi connectivity index (χ0v) is 24.6. The van der Waals surface area contributed by atoms with Gasteiger partial charge in [-0.25, -0.2) is 8.78 Å². The van der Waals surface area contributed by atoms with Crippen LogP contribution in [0.4, 0.5) is 8.78 Å². The summed E-state index contributed by atoms with van der Waals surface area (Å²) >= 11 is 0. The summed E-state index contributed by atoms with van der Waals surface area (Å²) in [5.74, 6) is 1.40. The first-order chi connectivity index (χ1) is 18.9. The molecule has 0 heterocycles. The summed E-state index contributed by atoms with van der Waals surface area (Å²) in [6, 6.07) is 15.5. The number of halogens is 2. The van der Waals surface area contributed by atoms with Crippen LogP contribution in [-0.2, 0) is 12.8 Å². The molecule has 3 heteroatoms. The van der Waals surface area contributed by atoms with Crippen molar-refractivity contribution in [1.29, 1.82) is 0 Å². The van der Waals surface area contributed by atoms with Crippen LogP contribution in [0.15, 0.2) is 48.5 Å². The molecule has 0 spiro atoms. The molecule has 1 aliphatic carbocycles. The van der Waals surface area contributed by atoms with E-state index in [9.17, 15) is 0 Å². The van der Waals surface area contributed by atoms with Gasteiger partial charge in [-0.2, -0.15) is 0 Å². The number of rotatable bonds is 11. The fourth-order valence-corrected chi connectivity index (χ4v) is 6.17. The first kappa shape index (κ1) is 29.3. The molecule has 0 N–H and O–H groups in total. The topological polar surface area (TPSA) is 9.23 Å². The van der Waals surface area contributed by atoms with Gasteiger partial charge in [-0.05, 0) is 89.8 Å². The highest BCUT2D eigenvalue weighted by Crippen LogP contribution is 2.38. The van der Waals surface area contributed by atoms with E-state index in [1.165, 1.54) is 31.2 Å². The highest BCUT2D eigenvalue weighted by molar-refractivity contribution is 5.73. The molecule has 0 bridgehead atoms. The van der Waals surface area contributed by atoms with Crippen LogP contribution in [0.3, 0.4) is 0 Å². The van der Waals surface area contributed by atoms with Crippen molar-refractivity contribution in [3.8, 4) is 28.0 Å². The van der Waals surface area contributed by atoms with Crippen LogP contribution < -0.4 is 4.74 Å². The Hall–Kier alpha value is -2.68. The minimum atomic E-state index is -0.788. The van der Waals surface area contributed by atoms with Crippen LogP contribution >= 0.6 is 0 Å². The van der Waals surface area contributed by atoms with Crippen molar-refractivity contribution in [3.63, 3.8) is 0 Å². The molecule has 1 aliphatic rings. The predicted octanol–water partition coefficient (Wildman–Crippen LogP) is 10.9. The minimum absolute atomic E-state index is 0.303. The van der Waals surface area contributed by atoms with Crippen LogP contribution in [0.2, 0.25) is 0 Å². The monoisotopic (exact) mass is 532 g/mol. The molecule has 39 heavy (non-hydrogen) atoms. The van der Waals surface area contributed by atoms with Gasteiger partial charge in [-0.15, -0.1) is 0 Å². The Morgan fingerprint density at radius 3 is 1.79 bits per heavy atom. The second kappa shape index (κ2) is 13.6. The minimum Gasteiger partial charge on any atom is -0.493 e. The fraction of sp³-hybridized carbons (Fsp3) is 0.500. The van der Waals surface area contributed by atoms with Crippen molar-refractivity contribution in [3.05, 3.63) is 76.9 Å². The van der Waals surface area contributed by atoms with Crippen molar-refractivity contribution in [2.24, 2.45) is 11.8 Å². The van der Waals surface area contributed by atoms with Crippen LogP contribution in [0, 0.1) is 23.5 Å². The normalized spacial score (nSPS) is 17.5. The second-order valence-electron chi connectivity index (χ2n) is 11.5. The highest BCUT2D eigenvalue weighted by atomic mass is 19.2. The summed E-state index contributed by atoms with van der Waals surface area (Å²) in [5, 5.41) is 0. The SMILES string of the molecule is CCc1cc(-c2ccc(-c3ccc(C4CCC(C)CC4)cc3)c(F)c2F)cc(CC)c1OCCC(CC)CC. The summed E-state index contributed by atoms with van der Waals surface area (Å²) in [6.07, 6.45) is 9.83. The fourth-order valence-electron chi connectivity index (χ4n) is 6.17. The van der Waals surface area contributed by atoms with E-state index < -0.39 is 11.6 Å². The lowest BCUT2D eigenvalue weighted by Crippen LogP contribution is -2.10. The third-order valence-electron chi connectivity index (χ3n) is 9.03. The molecular weight excluding hydrogens is 486 g/mol. The van der Waals surface area contributed by atoms with E-state index in [-0.39, 0.29) is 0 Å². The van der Waals surface area contributed by atoms with Gasteiger partial charge in [0.2, 0.25) is 0 Å². The predicted molar refractivity (Wildman–Crippen MR) is 161 cm³/mol. The van der Waals surface area contributed by atoms with Crippen molar-refractivity contribution in [1.82, 2.24) is 0 Å². The van der Waals surface area contributed by atoms with Gasteiger partial charge in [0.1, 0.15) is 5.75 Å². The maximum atomic E-state index is 15.6. The van der Waals surface area contributed by atoms with Crippen LogP contribution in [-0.4, -0.2) is 6.61 Å². The van der Waals surface area contributed by atoms with Gasteiger partial charge in [0.15, 0.2) is 11.6 Å². The molecule has 0 amide bonds. The van der Waals surface area contributed by atoms with Crippen molar-refractivity contribution in [2.45, 2.75) is 98.3 Å². The van der Waals surface area contributed by atoms with E-state index in [0.717, 1.165) is 60.5 Å². The lowest BCUT2D eigenvalue weighted by molar-refractivity contribution is 0.268. The zero-order valence-electron chi connectivity index (χ0n) is 24.6. The Balaban J connectivity index is 1.58. The molecule has 3 aromatic carbocycles. The van der Waals surface area contributed by atoms with Gasteiger partial charge in [0.05, 0.1) is 6.61 Å². The molecule has 1 fully saturated rings. The van der Waals surface area contributed by atoms with Crippen molar-refractivity contribution >= 4 is 0 Å². The van der Waals surface area contributed by atoms with E-state index >= 15 is 8.78 Å². The van der Waals surface area contributed by atoms with Gasteiger partial charge in [-0.1, -0.05) is 96.7 Å². The number of ether oxygens (including phenoxy) is 1. The van der Waals surface area contributed by atoms with Gasteiger partial charge in [0, 0.05) is 11.1 Å². The van der Waals surface area contributed by atoms with Gasteiger partial charge in [-0.3, -0.25) is 0 Å². The first-order valence-electron chi connectivity index (χ1n) is 15.3. The van der Waals surface area contributed by atoms with E-state index in [1.807, 2.05) is 24.3 Å². The Bertz CT molecular complexity index is 1190. The van der Waals surface area contributed by atoms with Crippen LogP contribution in [0.1, 0.15) is 102 Å². The lowest BCUT2D eigenvalue weighted by atomic mass is 9.79. The largest absolute Gasteiger partial charge is 0.493 e. The molecule has 0 saturated heterocycles. The molecule has 1 nitrogen and oxygen atoms in total. The average Bonchev–Trinajstić information content (AvgIpc) is 2.97. The molecular formula is C36H46F2O. The number of hydrogen-bond acceptors (Lipinski definition) is 1. The second-order valence-corrected chi connectivity index (χ2v) is 11.5. The molecule has 0 aromatic heterocycles. The standard InChI is InChI=1S/C36H46F2O/c1-6-25(7-2)20-21-39-36-26(8-3)22-31(23-27(36)9-4)33-19-18-32(34(37)35(33)38)30-16-14-29(15-17-30)28-12-10-24(5)11-13-28/h14-19,22-25,28H,6-13,20-21H2,1-5H3. The maximum absolute atomic E-state index is 15.6. The van der Waals surface area contributed by atoms with Gasteiger partial charge >= 0.3 is 0 Å². The summed E-state index contributed by atoms with van der Waals surface area (Å²) in [5.41, 5.74) is 5.45.